The molecule has 2 aromatic rings. The van der Waals surface area contributed by atoms with Crippen LogP contribution < -0.4 is 5.32 Å². The molecule has 7 heteroatoms. The molecule has 1 aromatic carbocycles. The number of para-hydroxylation sites is 2. The Morgan fingerprint density at radius 2 is 2.19 bits per heavy atom. The molecule has 0 radical (unpaired) electrons. The van der Waals surface area contributed by atoms with Gasteiger partial charge in [-0.05, 0) is 18.6 Å². The molecule has 2 heterocycles. The van der Waals surface area contributed by atoms with Crippen LogP contribution in [0.2, 0.25) is 0 Å². The van der Waals surface area contributed by atoms with Gasteiger partial charge in [0.25, 0.3) is 0 Å². The Bertz CT molecular complexity index is 733. The fraction of sp³-hybridized carbons (Fsp3) is 0.429. The number of sulfone groups is 1. The highest BCUT2D eigenvalue weighted by atomic mass is 32.2. The zero-order valence-corrected chi connectivity index (χ0v) is 12.2. The van der Waals surface area contributed by atoms with Crippen LogP contribution in [-0.4, -0.2) is 37.4 Å². The molecule has 1 aromatic heterocycles. The second kappa shape index (κ2) is 5.48. The molecule has 1 amide bonds. The SMILES string of the molecule is O=C(NCCc1nc2ccccc2o1)[C@H]1CCS(=O)(=O)C1. The standard InChI is InChI=1S/C14H16N2O4S/c17-14(10-6-8-21(18,19)9-10)15-7-5-13-16-11-3-1-2-4-12(11)20-13/h1-4,10H,5-9H2,(H,15,17)/t10-/m0/s1. The van der Waals surface area contributed by atoms with Gasteiger partial charge in [-0.3, -0.25) is 4.79 Å². The number of oxazole rings is 1. The first-order valence-corrected chi connectivity index (χ1v) is 8.68. The minimum atomic E-state index is -3.03. The van der Waals surface area contributed by atoms with Crippen molar-refractivity contribution in [1.82, 2.24) is 10.3 Å². The van der Waals surface area contributed by atoms with E-state index in [4.69, 9.17) is 4.42 Å². The number of carbonyl (C=O) groups excluding carboxylic acids is 1. The lowest BCUT2D eigenvalue weighted by Gasteiger charge is -2.07. The number of fused-ring (bicyclic) bond motifs is 1. The number of rotatable bonds is 4. The van der Waals surface area contributed by atoms with Gasteiger partial charge >= 0.3 is 0 Å². The fourth-order valence-electron chi connectivity index (χ4n) is 2.47. The molecule has 1 aliphatic heterocycles. The molecule has 3 rings (SSSR count). The summed E-state index contributed by atoms with van der Waals surface area (Å²) in [5.41, 5.74) is 1.52. The van der Waals surface area contributed by atoms with E-state index in [2.05, 4.69) is 10.3 Å². The van der Waals surface area contributed by atoms with Crippen molar-refractivity contribution in [2.24, 2.45) is 5.92 Å². The third-order valence-electron chi connectivity index (χ3n) is 3.58. The first-order chi connectivity index (χ1) is 10.0. The highest BCUT2D eigenvalue weighted by Crippen LogP contribution is 2.18. The number of nitrogens with zero attached hydrogens (tertiary/aromatic N) is 1. The van der Waals surface area contributed by atoms with Crippen LogP contribution in [0.5, 0.6) is 0 Å². The van der Waals surface area contributed by atoms with Crippen molar-refractivity contribution in [3.05, 3.63) is 30.2 Å². The van der Waals surface area contributed by atoms with Crippen LogP contribution in [0.25, 0.3) is 11.1 Å². The largest absolute Gasteiger partial charge is 0.441 e. The molecule has 112 valence electrons. The average molecular weight is 308 g/mol. The zero-order chi connectivity index (χ0) is 14.9. The molecule has 1 saturated heterocycles. The van der Waals surface area contributed by atoms with E-state index in [1.807, 2.05) is 24.3 Å². The lowest BCUT2D eigenvalue weighted by atomic mass is 10.1. The number of amides is 1. The van der Waals surface area contributed by atoms with Gasteiger partial charge < -0.3 is 9.73 Å². The molecule has 0 spiro atoms. The second-order valence-electron chi connectivity index (χ2n) is 5.22. The van der Waals surface area contributed by atoms with Crippen LogP contribution in [0.15, 0.2) is 28.7 Å². The third-order valence-corrected chi connectivity index (χ3v) is 5.35. The van der Waals surface area contributed by atoms with Crippen molar-refractivity contribution in [3.63, 3.8) is 0 Å². The fourth-order valence-corrected chi connectivity index (χ4v) is 4.21. The minimum Gasteiger partial charge on any atom is -0.441 e. The van der Waals surface area contributed by atoms with Gasteiger partial charge in [-0.1, -0.05) is 12.1 Å². The van der Waals surface area contributed by atoms with Crippen molar-refractivity contribution in [3.8, 4) is 0 Å². The molecule has 0 bridgehead atoms. The summed E-state index contributed by atoms with van der Waals surface area (Å²) in [5.74, 6) is 0.0131. The number of hydrogen-bond donors (Lipinski definition) is 1. The summed E-state index contributed by atoms with van der Waals surface area (Å²) in [6.45, 7) is 0.391. The van der Waals surface area contributed by atoms with E-state index in [-0.39, 0.29) is 17.4 Å². The average Bonchev–Trinajstić information content (AvgIpc) is 3.01. The summed E-state index contributed by atoms with van der Waals surface area (Å²) in [4.78, 5) is 16.2. The van der Waals surface area contributed by atoms with Gasteiger partial charge in [0.2, 0.25) is 5.91 Å². The van der Waals surface area contributed by atoms with Gasteiger partial charge in [-0.2, -0.15) is 0 Å². The first-order valence-electron chi connectivity index (χ1n) is 6.86. The lowest BCUT2D eigenvalue weighted by Crippen LogP contribution is -2.32. The summed E-state index contributed by atoms with van der Waals surface area (Å²) in [5, 5.41) is 2.75. The Kier molecular flexibility index (Phi) is 3.67. The van der Waals surface area contributed by atoms with Gasteiger partial charge in [0, 0.05) is 13.0 Å². The predicted octanol–water partition coefficient (Wildman–Crippen LogP) is 0.921. The van der Waals surface area contributed by atoms with Crippen molar-refractivity contribution in [2.75, 3.05) is 18.1 Å². The molecule has 6 nitrogen and oxygen atoms in total. The van der Waals surface area contributed by atoms with Crippen LogP contribution >= 0.6 is 0 Å². The van der Waals surface area contributed by atoms with Crippen LogP contribution in [0, 0.1) is 5.92 Å². The van der Waals surface area contributed by atoms with Crippen molar-refractivity contribution in [1.29, 1.82) is 0 Å². The Labute approximate surface area is 122 Å². The van der Waals surface area contributed by atoms with Crippen LogP contribution in [0.1, 0.15) is 12.3 Å². The summed E-state index contributed by atoms with van der Waals surface area (Å²) in [6, 6.07) is 7.47. The maximum Gasteiger partial charge on any atom is 0.224 e. The molecule has 0 aliphatic carbocycles. The number of aromatic nitrogens is 1. The normalized spacial score (nSPS) is 20.7. The number of nitrogens with one attached hydrogen (secondary N) is 1. The molecule has 1 N–H and O–H groups in total. The number of carbonyl (C=O) groups is 1. The predicted molar refractivity (Wildman–Crippen MR) is 77.5 cm³/mol. The van der Waals surface area contributed by atoms with E-state index in [9.17, 15) is 13.2 Å². The van der Waals surface area contributed by atoms with Crippen LogP contribution in [-0.2, 0) is 21.1 Å². The zero-order valence-electron chi connectivity index (χ0n) is 11.4. The quantitative estimate of drug-likeness (QED) is 0.907. The first kappa shape index (κ1) is 14.1. The van der Waals surface area contributed by atoms with Crippen molar-refractivity contribution >= 4 is 26.8 Å². The molecule has 0 saturated carbocycles. The Balaban J connectivity index is 1.53. The van der Waals surface area contributed by atoms with E-state index in [1.165, 1.54) is 0 Å². The molecular formula is C14H16N2O4S. The maximum atomic E-state index is 11.9. The molecular weight excluding hydrogens is 292 g/mol. The number of hydrogen-bond acceptors (Lipinski definition) is 5. The van der Waals surface area contributed by atoms with E-state index < -0.39 is 15.8 Å². The smallest absolute Gasteiger partial charge is 0.224 e. The van der Waals surface area contributed by atoms with Gasteiger partial charge in [0.15, 0.2) is 21.3 Å². The second-order valence-corrected chi connectivity index (χ2v) is 7.45. The number of benzene rings is 1. The molecule has 1 aliphatic rings. The minimum absolute atomic E-state index is 0.0400. The summed E-state index contributed by atoms with van der Waals surface area (Å²) in [7, 11) is -3.03. The Morgan fingerprint density at radius 3 is 2.90 bits per heavy atom. The lowest BCUT2D eigenvalue weighted by molar-refractivity contribution is -0.124. The van der Waals surface area contributed by atoms with Gasteiger partial charge in [-0.25, -0.2) is 13.4 Å². The van der Waals surface area contributed by atoms with Crippen LogP contribution in [0.4, 0.5) is 0 Å². The monoisotopic (exact) mass is 308 g/mol. The molecule has 1 fully saturated rings. The summed E-state index contributed by atoms with van der Waals surface area (Å²) < 4.78 is 28.2. The summed E-state index contributed by atoms with van der Waals surface area (Å²) >= 11 is 0. The van der Waals surface area contributed by atoms with E-state index in [0.29, 0.717) is 25.3 Å². The molecule has 21 heavy (non-hydrogen) atoms. The van der Waals surface area contributed by atoms with E-state index in [1.54, 1.807) is 0 Å². The maximum absolute atomic E-state index is 11.9. The van der Waals surface area contributed by atoms with Gasteiger partial charge in [0.1, 0.15) is 5.52 Å². The molecule has 0 unspecified atom stereocenters. The Hall–Kier alpha value is -1.89. The Morgan fingerprint density at radius 1 is 1.38 bits per heavy atom. The summed E-state index contributed by atoms with van der Waals surface area (Å²) in [6.07, 6.45) is 0.900. The van der Waals surface area contributed by atoms with Crippen LogP contribution in [0.3, 0.4) is 0 Å². The topological polar surface area (TPSA) is 89.3 Å². The van der Waals surface area contributed by atoms with Gasteiger partial charge in [0.05, 0.1) is 17.4 Å². The highest BCUT2D eigenvalue weighted by molar-refractivity contribution is 7.91. The van der Waals surface area contributed by atoms with E-state index >= 15 is 0 Å². The van der Waals surface area contributed by atoms with E-state index in [0.717, 1.165) is 11.1 Å². The van der Waals surface area contributed by atoms with Crippen molar-refractivity contribution in [2.45, 2.75) is 12.8 Å². The van der Waals surface area contributed by atoms with Crippen molar-refractivity contribution < 1.29 is 17.6 Å². The van der Waals surface area contributed by atoms with Gasteiger partial charge in [-0.15, -0.1) is 0 Å². The highest BCUT2D eigenvalue weighted by Gasteiger charge is 2.32. The molecule has 1 atom stereocenters. The third kappa shape index (κ3) is 3.24.